The van der Waals surface area contributed by atoms with Gasteiger partial charge in [-0.1, -0.05) is 18.2 Å². The van der Waals surface area contributed by atoms with Crippen LogP contribution in [-0.2, 0) is 17.9 Å². The molecule has 0 spiro atoms. The first kappa shape index (κ1) is 10.9. The normalized spacial score (nSPS) is 11.0. The maximum absolute atomic E-state index is 5.46. The van der Waals surface area contributed by atoms with Crippen LogP contribution in [0, 0.1) is 0 Å². The highest BCUT2D eigenvalue weighted by molar-refractivity contribution is 5.13. The Bertz CT molecular complexity index is 280. The molecule has 0 saturated heterocycles. The number of rotatable bonds is 5. The summed E-state index contributed by atoms with van der Waals surface area (Å²) in [4.78, 5) is 4.22. The molecule has 1 rings (SSSR count). The van der Waals surface area contributed by atoms with Crippen LogP contribution in [0.15, 0.2) is 30.5 Å². The summed E-state index contributed by atoms with van der Waals surface area (Å²) in [5, 5.41) is 0. The van der Waals surface area contributed by atoms with Crippen LogP contribution in [0.25, 0.3) is 0 Å². The Morgan fingerprint density at radius 2 is 2.36 bits per heavy atom. The van der Waals surface area contributed by atoms with Gasteiger partial charge in [-0.15, -0.1) is 0 Å². The van der Waals surface area contributed by atoms with E-state index >= 15 is 0 Å². The molecule has 0 fully saturated rings. The number of hydrogen-bond donors (Lipinski definition) is 1. The first-order valence-corrected chi connectivity index (χ1v) is 4.69. The minimum Gasteiger partial charge on any atom is -0.371 e. The molecule has 1 aromatic heterocycles. The molecule has 3 heteroatoms. The fourth-order valence-corrected chi connectivity index (χ4v) is 0.989. The van der Waals surface area contributed by atoms with Gasteiger partial charge >= 0.3 is 0 Å². The van der Waals surface area contributed by atoms with E-state index in [-0.39, 0.29) is 0 Å². The van der Waals surface area contributed by atoms with Gasteiger partial charge in [-0.25, -0.2) is 0 Å². The van der Waals surface area contributed by atoms with E-state index in [1.54, 1.807) is 6.20 Å². The molecule has 2 N–H and O–H groups in total. The Morgan fingerprint density at radius 3 is 2.93 bits per heavy atom. The molecule has 3 nitrogen and oxygen atoms in total. The monoisotopic (exact) mass is 192 g/mol. The summed E-state index contributed by atoms with van der Waals surface area (Å²) < 4.78 is 5.35. The third-order valence-corrected chi connectivity index (χ3v) is 1.82. The molecule has 0 unspecified atom stereocenters. The number of nitrogens with two attached hydrogens (primary N) is 1. The lowest BCUT2D eigenvalue weighted by molar-refractivity contribution is 0.145. The Hall–Kier alpha value is -1.19. The molecule has 1 aromatic rings. The van der Waals surface area contributed by atoms with Crippen molar-refractivity contribution in [3.05, 3.63) is 41.7 Å². The second kappa shape index (κ2) is 6.29. The number of nitrogens with zero attached hydrogens (tertiary/aromatic N) is 1. The van der Waals surface area contributed by atoms with Crippen molar-refractivity contribution in [1.82, 2.24) is 4.98 Å². The van der Waals surface area contributed by atoms with Crippen LogP contribution >= 0.6 is 0 Å². The molecule has 76 valence electrons. The fourth-order valence-electron chi connectivity index (χ4n) is 0.989. The third kappa shape index (κ3) is 3.68. The zero-order valence-electron chi connectivity index (χ0n) is 8.44. The molecule has 0 radical (unpaired) electrons. The summed E-state index contributed by atoms with van der Waals surface area (Å²) in [5.74, 6) is 0. The van der Waals surface area contributed by atoms with E-state index < -0.39 is 0 Å². The predicted octanol–water partition coefficient (Wildman–Crippen LogP) is 1.63. The van der Waals surface area contributed by atoms with Crippen molar-refractivity contribution in [2.75, 3.05) is 6.61 Å². The Balaban J connectivity index is 2.36. The molecule has 1 heterocycles. The van der Waals surface area contributed by atoms with Gasteiger partial charge in [0.05, 0.1) is 18.9 Å². The predicted molar refractivity (Wildman–Crippen MR) is 56.6 cm³/mol. The van der Waals surface area contributed by atoms with Crippen LogP contribution in [0.4, 0.5) is 0 Å². The van der Waals surface area contributed by atoms with E-state index in [0.29, 0.717) is 19.8 Å². The fraction of sp³-hybridized carbons (Fsp3) is 0.364. The van der Waals surface area contributed by atoms with E-state index in [4.69, 9.17) is 10.5 Å². The van der Waals surface area contributed by atoms with Crippen molar-refractivity contribution >= 4 is 0 Å². The van der Waals surface area contributed by atoms with Gasteiger partial charge in [0.2, 0.25) is 0 Å². The van der Waals surface area contributed by atoms with Crippen molar-refractivity contribution in [1.29, 1.82) is 0 Å². The molecule has 0 atom stereocenters. The molecule has 0 aliphatic rings. The average molecular weight is 192 g/mol. The van der Waals surface area contributed by atoms with Crippen molar-refractivity contribution in [2.45, 2.75) is 20.1 Å². The van der Waals surface area contributed by atoms with E-state index in [9.17, 15) is 0 Å². The summed E-state index contributed by atoms with van der Waals surface area (Å²) in [6, 6.07) is 3.92. The topological polar surface area (TPSA) is 48.1 Å². The van der Waals surface area contributed by atoms with Crippen molar-refractivity contribution in [3.8, 4) is 0 Å². The van der Waals surface area contributed by atoms with Gasteiger partial charge in [-0.3, -0.25) is 4.98 Å². The second-order valence-corrected chi connectivity index (χ2v) is 2.95. The Morgan fingerprint density at radius 1 is 1.50 bits per heavy atom. The van der Waals surface area contributed by atoms with Gasteiger partial charge in [0.1, 0.15) is 0 Å². The lowest BCUT2D eigenvalue weighted by Crippen LogP contribution is -2.00. The van der Waals surface area contributed by atoms with Crippen molar-refractivity contribution in [3.63, 3.8) is 0 Å². The first-order valence-electron chi connectivity index (χ1n) is 4.69. The Labute approximate surface area is 84.6 Å². The zero-order chi connectivity index (χ0) is 10.2. The number of ether oxygens (including phenoxy) is 1. The van der Waals surface area contributed by atoms with Gasteiger partial charge in [-0.05, 0) is 18.6 Å². The molecule has 0 aliphatic carbocycles. The molecule has 14 heavy (non-hydrogen) atoms. The van der Waals surface area contributed by atoms with Crippen LogP contribution in [0.3, 0.4) is 0 Å². The lowest BCUT2D eigenvalue weighted by atomic mass is 10.2. The highest BCUT2D eigenvalue weighted by Gasteiger charge is 1.94. The smallest absolute Gasteiger partial charge is 0.0892 e. The average Bonchev–Trinajstić information content (AvgIpc) is 2.25. The largest absolute Gasteiger partial charge is 0.371 e. The van der Waals surface area contributed by atoms with Crippen LogP contribution < -0.4 is 5.73 Å². The molecule has 0 amide bonds. The van der Waals surface area contributed by atoms with Crippen LogP contribution in [0.5, 0.6) is 0 Å². The van der Waals surface area contributed by atoms with Crippen molar-refractivity contribution < 1.29 is 4.74 Å². The summed E-state index contributed by atoms with van der Waals surface area (Å²) >= 11 is 0. The summed E-state index contributed by atoms with van der Waals surface area (Å²) in [7, 11) is 0. The number of pyridine rings is 1. The van der Waals surface area contributed by atoms with Crippen LogP contribution in [0.1, 0.15) is 18.2 Å². The van der Waals surface area contributed by atoms with Gasteiger partial charge in [0, 0.05) is 12.7 Å². The maximum Gasteiger partial charge on any atom is 0.0892 e. The number of hydrogen-bond acceptors (Lipinski definition) is 3. The molecule has 0 bridgehead atoms. The van der Waals surface area contributed by atoms with E-state index in [2.05, 4.69) is 4.98 Å². The van der Waals surface area contributed by atoms with E-state index in [1.165, 1.54) is 0 Å². The number of aromatic nitrogens is 1. The molecular formula is C11H16N2O. The summed E-state index contributed by atoms with van der Waals surface area (Å²) in [5.41, 5.74) is 7.44. The van der Waals surface area contributed by atoms with Crippen molar-refractivity contribution in [2.24, 2.45) is 5.73 Å². The molecule has 0 aromatic carbocycles. The number of allylic oxidation sites excluding steroid dienone is 1. The molecule has 0 saturated carbocycles. The minimum absolute atomic E-state index is 0.534. The first-order chi connectivity index (χ1) is 6.86. The highest BCUT2D eigenvalue weighted by Crippen LogP contribution is 2.00. The highest BCUT2D eigenvalue weighted by atomic mass is 16.5. The van der Waals surface area contributed by atoms with Crippen LogP contribution in [0.2, 0.25) is 0 Å². The van der Waals surface area contributed by atoms with Gasteiger partial charge < -0.3 is 10.5 Å². The molecule has 0 aliphatic heterocycles. The standard InChI is InChI=1S/C11H16N2O/c1-2-3-6-14-9-11-5-4-10(7-12)8-13-11/h2-5,8H,6-7,9,12H2,1H3. The minimum atomic E-state index is 0.534. The van der Waals surface area contributed by atoms with E-state index in [1.807, 2.05) is 31.2 Å². The van der Waals surface area contributed by atoms with Gasteiger partial charge in [-0.2, -0.15) is 0 Å². The zero-order valence-corrected chi connectivity index (χ0v) is 8.44. The SMILES string of the molecule is CC=CCOCc1ccc(CN)cn1. The molecular weight excluding hydrogens is 176 g/mol. The van der Waals surface area contributed by atoms with Gasteiger partial charge in [0.25, 0.3) is 0 Å². The second-order valence-electron chi connectivity index (χ2n) is 2.95. The Kier molecular flexibility index (Phi) is 4.89. The van der Waals surface area contributed by atoms with E-state index in [0.717, 1.165) is 11.3 Å². The third-order valence-electron chi connectivity index (χ3n) is 1.82. The maximum atomic E-state index is 5.46. The lowest BCUT2D eigenvalue weighted by Gasteiger charge is -2.01. The summed E-state index contributed by atoms with van der Waals surface area (Å²) in [6.07, 6.45) is 5.72. The quantitative estimate of drug-likeness (QED) is 0.570. The van der Waals surface area contributed by atoms with Crippen LogP contribution in [-0.4, -0.2) is 11.6 Å². The summed E-state index contributed by atoms with van der Waals surface area (Å²) in [6.45, 7) is 3.69. The van der Waals surface area contributed by atoms with Gasteiger partial charge in [0.15, 0.2) is 0 Å².